The highest BCUT2D eigenvalue weighted by atomic mass is 16.6. The minimum Gasteiger partial charge on any atom is -0.343 e. The highest BCUT2D eigenvalue weighted by Crippen LogP contribution is 1.98. The molecule has 1 aromatic carbocycles. The Morgan fingerprint density at radius 3 is 2.44 bits per heavy atom. The lowest BCUT2D eigenvalue weighted by Crippen LogP contribution is -2.34. The predicted molar refractivity (Wildman–Crippen MR) is 55.6 cm³/mol. The van der Waals surface area contributed by atoms with Gasteiger partial charge >= 0.3 is 0 Å². The fraction of sp³-hybridized carbons (Fsp3) is 0.200. The van der Waals surface area contributed by atoms with E-state index in [4.69, 9.17) is 0 Å². The van der Waals surface area contributed by atoms with Gasteiger partial charge in [-0.2, -0.15) is 0 Å². The number of Topliss-reactive ketones (excluding diaryl/α,β-unsaturated/α-hetero) is 1. The zero-order chi connectivity index (χ0) is 12.0. The summed E-state index contributed by atoms with van der Waals surface area (Å²) >= 11 is 0. The average Bonchev–Trinajstić information content (AvgIpc) is 2.26. The maximum atomic E-state index is 11.5. The van der Waals surface area contributed by atoms with Crippen LogP contribution >= 0.6 is 0 Å². The fourth-order valence-corrected chi connectivity index (χ4v) is 1.08. The topological polar surface area (TPSA) is 89.3 Å². The molecule has 0 aromatic heterocycles. The van der Waals surface area contributed by atoms with Gasteiger partial charge in [0.15, 0.2) is 5.78 Å². The normalized spacial score (nSPS) is 9.50. The van der Waals surface area contributed by atoms with Gasteiger partial charge in [0.2, 0.25) is 0 Å². The van der Waals surface area contributed by atoms with Crippen molar-refractivity contribution in [3.8, 4) is 0 Å². The van der Waals surface area contributed by atoms with Crippen LogP contribution in [0.4, 0.5) is 0 Å². The number of nitrogens with zero attached hydrogens (tertiary/aromatic N) is 1. The van der Waals surface area contributed by atoms with Gasteiger partial charge in [0.1, 0.15) is 0 Å². The lowest BCUT2D eigenvalue weighted by Gasteiger charge is -2.01. The second-order valence-corrected chi connectivity index (χ2v) is 3.06. The number of nitro groups is 1. The SMILES string of the molecule is O=C(C[N+](=O)[O-])NCC(=O)c1ccccc1. The summed E-state index contributed by atoms with van der Waals surface area (Å²) in [5.74, 6) is -1.05. The number of rotatable bonds is 5. The van der Waals surface area contributed by atoms with Gasteiger partial charge in [0, 0.05) is 10.5 Å². The summed E-state index contributed by atoms with van der Waals surface area (Å²) in [6.45, 7) is -1.04. The highest BCUT2D eigenvalue weighted by Gasteiger charge is 2.11. The lowest BCUT2D eigenvalue weighted by molar-refractivity contribution is -0.467. The Hall–Kier alpha value is -2.24. The predicted octanol–water partition coefficient (Wildman–Crippen LogP) is 0.262. The number of carbonyl (C=O) groups excluding carboxylic acids is 2. The first-order valence-electron chi connectivity index (χ1n) is 4.56. The van der Waals surface area contributed by atoms with E-state index < -0.39 is 17.4 Å². The number of amides is 1. The van der Waals surface area contributed by atoms with E-state index in [9.17, 15) is 19.7 Å². The van der Waals surface area contributed by atoms with Crippen molar-refractivity contribution in [2.24, 2.45) is 0 Å². The summed E-state index contributed by atoms with van der Waals surface area (Å²) in [5.41, 5.74) is 0.462. The quantitative estimate of drug-likeness (QED) is 0.439. The largest absolute Gasteiger partial charge is 0.343 e. The standard InChI is InChI=1S/C10H10N2O4/c13-9(8-4-2-1-3-5-8)6-11-10(14)7-12(15)16/h1-5H,6-7H2,(H,11,14). The molecule has 0 aliphatic carbocycles. The Kier molecular flexibility index (Phi) is 4.14. The second-order valence-electron chi connectivity index (χ2n) is 3.06. The molecule has 1 amide bonds. The third-order valence-corrected chi connectivity index (χ3v) is 1.81. The molecule has 0 radical (unpaired) electrons. The van der Waals surface area contributed by atoms with E-state index in [0.29, 0.717) is 5.56 Å². The van der Waals surface area contributed by atoms with Crippen LogP contribution in [0.2, 0.25) is 0 Å². The third-order valence-electron chi connectivity index (χ3n) is 1.81. The summed E-state index contributed by atoms with van der Waals surface area (Å²) in [6, 6.07) is 8.39. The molecule has 0 bridgehead atoms. The average molecular weight is 222 g/mol. The Balaban J connectivity index is 2.42. The van der Waals surface area contributed by atoms with Crippen molar-refractivity contribution in [3.05, 3.63) is 46.0 Å². The molecule has 1 aromatic rings. The molecule has 0 saturated heterocycles. The molecule has 6 nitrogen and oxygen atoms in total. The Bertz CT molecular complexity index is 403. The minimum atomic E-state index is -0.817. The van der Waals surface area contributed by atoms with E-state index in [2.05, 4.69) is 5.32 Å². The summed E-state index contributed by atoms with van der Waals surface area (Å²) in [6.07, 6.45) is 0. The maximum Gasteiger partial charge on any atom is 0.292 e. The Labute approximate surface area is 91.4 Å². The first kappa shape index (κ1) is 11.8. The second kappa shape index (κ2) is 5.59. The zero-order valence-corrected chi connectivity index (χ0v) is 8.38. The maximum absolute atomic E-state index is 11.5. The fourth-order valence-electron chi connectivity index (χ4n) is 1.08. The molecule has 0 aliphatic rings. The van der Waals surface area contributed by atoms with Gasteiger partial charge in [-0.25, -0.2) is 0 Å². The number of carbonyl (C=O) groups is 2. The van der Waals surface area contributed by atoms with Crippen LogP contribution in [0.3, 0.4) is 0 Å². The number of nitrogens with one attached hydrogen (secondary N) is 1. The van der Waals surface area contributed by atoms with Crippen LogP contribution in [-0.4, -0.2) is 29.7 Å². The molecule has 0 heterocycles. The summed E-state index contributed by atoms with van der Waals surface area (Å²) in [5, 5.41) is 12.2. The zero-order valence-electron chi connectivity index (χ0n) is 8.38. The molecule has 6 heteroatoms. The molecule has 0 atom stereocenters. The van der Waals surface area contributed by atoms with Crippen LogP contribution in [-0.2, 0) is 4.79 Å². The number of hydrogen-bond donors (Lipinski definition) is 1. The Morgan fingerprint density at radius 2 is 1.88 bits per heavy atom. The molecule has 0 fully saturated rings. The molecule has 0 unspecified atom stereocenters. The van der Waals surface area contributed by atoms with E-state index in [-0.39, 0.29) is 12.3 Å². The van der Waals surface area contributed by atoms with E-state index >= 15 is 0 Å². The van der Waals surface area contributed by atoms with Crippen LogP contribution in [0.25, 0.3) is 0 Å². The molecule has 84 valence electrons. The first-order chi connectivity index (χ1) is 7.59. The number of benzene rings is 1. The number of hydrogen-bond acceptors (Lipinski definition) is 4. The van der Waals surface area contributed by atoms with E-state index in [1.807, 2.05) is 0 Å². The van der Waals surface area contributed by atoms with Crippen molar-refractivity contribution in [3.63, 3.8) is 0 Å². The van der Waals surface area contributed by atoms with Crippen molar-refractivity contribution in [1.82, 2.24) is 5.32 Å². The van der Waals surface area contributed by atoms with Gasteiger partial charge in [-0.3, -0.25) is 19.7 Å². The van der Waals surface area contributed by atoms with Crippen LogP contribution in [0.1, 0.15) is 10.4 Å². The summed E-state index contributed by atoms with van der Waals surface area (Å²) in [7, 11) is 0. The van der Waals surface area contributed by atoms with Gasteiger partial charge in [-0.15, -0.1) is 0 Å². The monoisotopic (exact) mass is 222 g/mol. The van der Waals surface area contributed by atoms with E-state index in [0.717, 1.165) is 0 Å². The molecular formula is C10H10N2O4. The molecule has 16 heavy (non-hydrogen) atoms. The minimum absolute atomic E-state index is 0.226. The molecular weight excluding hydrogens is 212 g/mol. The highest BCUT2D eigenvalue weighted by molar-refractivity contribution is 5.99. The van der Waals surface area contributed by atoms with Crippen LogP contribution in [0.15, 0.2) is 30.3 Å². The molecule has 1 rings (SSSR count). The van der Waals surface area contributed by atoms with Crippen LogP contribution < -0.4 is 5.32 Å². The van der Waals surface area contributed by atoms with E-state index in [1.54, 1.807) is 30.3 Å². The molecule has 0 spiro atoms. The van der Waals surface area contributed by atoms with Crippen molar-refractivity contribution in [2.45, 2.75) is 0 Å². The third kappa shape index (κ3) is 3.87. The molecule has 0 saturated carbocycles. The summed E-state index contributed by atoms with van der Waals surface area (Å²) in [4.78, 5) is 31.6. The summed E-state index contributed by atoms with van der Waals surface area (Å²) < 4.78 is 0. The van der Waals surface area contributed by atoms with Crippen LogP contribution in [0.5, 0.6) is 0 Å². The first-order valence-corrected chi connectivity index (χ1v) is 4.56. The smallest absolute Gasteiger partial charge is 0.292 e. The van der Waals surface area contributed by atoms with Crippen molar-refractivity contribution >= 4 is 11.7 Å². The van der Waals surface area contributed by atoms with Crippen molar-refractivity contribution < 1.29 is 14.5 Å². The van der Waals surface area contributed by atoms with Gasteiger partial charge in [-0.05, 0) is 0 Å². The van der Waals surface area contributed by atoms with Gasteiger partial charge < -0.3 is 5.32 Å². The van der Waals surface area contributed by atoms with Gasteiger partial charge in [0.25, 0.3) is 12.5 Å². The van der Waals surface area contributed by atoms with Gasteiger partial charge in [-0.1, -0.05) is 30.3 Å². The lowest BCUT2D eigenvalue weighted by atomic mass is 10.1. The Morgan fingerprint density at radius 1 is 1.25 bits per heavy atom. The van der Waals surface area contributed by atoms with Crippen LogP contribution in [0, 0.1) is 10.1 Å². The van der Waals surface area contributed by atoms with E-state index in [1.165, 1.54) is 0 Å². The molecule has 0 aliphatic heterocycles. The molecule has 1 N–H and O–H groups in total. The van der Waals surface area contributed by atoms with Crippen molar-refractivity contribution in [2.75, 3.05) is 13.1 Å². The van der Waals surface area contributed by atoms with Gasteiger partial charge in [0.05, 0.1) is 6.54 Å². The number of ketones is 1. The van der Waals surface area contributed by atoms with Crippen molar-refractivity contribution in [1.29, 1.82) is 0 Å².